The van der Waals surface area contributed by atoms with E-state index < -0.39 is 0 Å². The third-order valence-corrected chi connectivity index (χ3v) is 3.23. The van der Waals surface area contributed by atoms with Gasteiger partial charge in [-0.3, -0.25) is 4.79 Å². The van der Waals surface area contributed by atoms with E-state index in [1.807, 2.05) is 37.3 Å². The maximum Gasteiger partial charge on any atom is 0.239 e. The molecule has 0 bridgehead atoms. The average Bonchev–Trinajstić information content (AvgIpc) is 2.92. The fraction of sp³-hybridized carbons (Fsp3) is 0.308. The second-order valence-corrected chi connectivity index (χ2v) is 4.74. The summed E-state index contributed by atoms with van der Waals surface area (Å²) in [6.45, 7) is 2.75. The molecule has 1 amide bonds. The van der Waals surface area contributed by atoms with Gasteiger partial charge in [0, 0.05) is 24.5 Å². The summed E-state index contributed by atoms with van der Waals surface area (Å²) in [5, 5.41) is 6.50. The lowest BCUT2D eigenvalue weighted by molar-refractivity contribution is -0.119. The van der Waals surface area contributed by atoms with Gasteiger partial charge < -0.3 is 10.6 Å². The minimum Gasteiger partial charge on any atom is -0.351 e. The minimum absolute atomic E-state index is 0.0582. The summed E-state index contributed by atoms with van der Waals surface area (Å²) in [5.74, 6) is 0.745. The van der Waals surface area contributed by atoms with Gasteiger partial charge in [0.05, 0.1) is 6.54 Å². The SMILES string of the molecule is CCc1nsc(NCC(=O)NCc2ccccc2)n1. The summed E-state index contributed by atoms with van der Waals surface area (Å²) >= 11 is 1.28. The molecule has 2 N–H and O–H groups in total. The van der Waals surface area contributed by atoms with E-state index in [1.165, 1.54) is 11.5 Å². The van der Waals surface area contributed by atoms with Crippen LogP contribution >= 0.6 is 11.5 Å². The van der Waals surface area contributed by atoms with Crippen molar-refractivity contribution in [1.29, 1.82) is 0 Å². The van der Waals surface area contributed by atoms with Gasteiger partial charge >= 0.3 is 0 Å². The zero-order chi connectivity index (χ0) is 13.5. The van der Waals surface area contributed by atoms with Crippen molar-refractivity contribution in [1.82, 2.24) is 14.7 Å². The lowest BCUT2D eigenvalue weighted by Crippen LogP contribution is -2.29. The molecule has 19 heavy (non-hydrogen) atoms. The molecule has 0 atom stereocenters. The molecule has 0 saturated heterocycles. The monoisotopic (exact) mass is 276 g/mol. The van der Waals surface area contributed by atoms with Crippen molar-refractivity contribution in [3.8, 4) is 0 Å². The molecule has 100 valence electrons. The molecule has 1 heterocycles. The molecule has 5 nitrogen and oxygen atoms in total. The van der Waals surface area contributed by atoms with Crippen LogP contribution in [0.1, 0.15) is 18.3 Å². The lowest BCUT2D eigenvalue weighted by atomic mass is 10.2. The number of nitrogens with one attached hydrogen (secondary N) is 2. The molecular weight excluding hydrogens is 260 g/mol. The first kappa shape index (κ1) is 13.5. The maximum absolute atomic E-state index is 11.6. The van der Waals surface area contributed by atoms with E-state index in [-0.39, 0.29) is 12.5 Å². The number of benzene rings is 1. The van der Waals surface area contributed by atoms with Crippen molar-refractivity contribution < 1.29 is 4.79 Å². The van der Waals surface area contributed by atoms with Crippen LogP contribution in [0.4, 0.5) is 5.13 Å². The van der Waals surface area contributed by atoms with Gasteiger partial charge in [-0.2, -0.15) is 4.37 Å². The number of carbonyl (C=O) groups is 1. The third-order valence-electron chi connectivity index (χ3n) is 2.52. The number of amides is 1. The predicted molar refractivity (Wildman–Crippen MR) is 76.1 cm³/mol. The van der Waals surface area contributed by atoms with Gasteiger partial charge in [0.1, 0.15) is 5.82 Å². The molecule has 2 aromatic rings. The zero-order valence-electron chi connectivity index (χ0n) is 10.7. The summed E-state index contributed by atoms with van der Waals surface area (Å²) in [5.41, 5.74) is 1.08. The average molecular weight is 276 g/mol. The van der Waals surface area contributed by atoms with E-state index in [0.29, 0.717) is 11.7 Å². The molecule has 0 radical (unpaired) electrons. The number of aromatic nitrogens is 2. The predicted octanol–water partition coefficient (Wildman–Crippen LogP) is 1.83. The highest BCUT2D eigenvalue weighted by Gasteiger charge is 2.04. The molecular formula is C13H16N4OS. The molecule has 6 heteroatoms. The van der Waals surface area contributed by atoms with Gasteiger partial charge in [-0.05, 0) is 5.56 Å². The van der Waals surface area contributed by atoms with Crippen LogP contribution in [0.5, 0.6) is 0 Å². The van der Waals surface area contributed by atoms with Crippen LogP contribution in [0.3, 0.4) is 0 Å². The lowest BCUT2D eigenvalue weighted by Gasteiger charge is -2.05. The Labute approximate surface area is 116 Å². The molecule has 0 spiro atoms. The van der Waals surface area contributed by atoms with E-state index in [0.717, 1.165) is 17.8 Å². The van der Waals surface area contributed by atoms with E-state index in [1.54, 1.807) is 0 Å². The highest BCUT2D eigenvalue weighted by Crippen LogP contribution is 2.10. The van der Waals surface area contributed by atoms with Gasteiger partial charge in [-0.1, -0.05) is 37.3 Å². The van der Waals surface area contributed by atoms with Crippen molar-refractivity contribution >= 4 is 22.6 Å². The Bertz CT molecular complexity index is 526. The van der Waals surface area contributed by atoms with Crippen LogP contribution in [0.15, 0.2) is 30.3 Å². The van der Waals surface area contributed by atoms with E-state index in [4.69, 9.17) is 0 Å². The Morgan fingerprint density at radius 1 is 1.32 bits per heavy atom. The van der Waals surface area contributed by atoms with Crippen LogP contribution < -0.4 is 10.6 Å². The molecule has 0 aliphatic rings. The highest BCUT2D eigenvalue weighted by molar-refractivity contribution is 7.09. The maximum atomic E-state index is 11.6. The quantitative estimate of drug-likeness (QED) is 0.844. The minimum atomic E-state index is -0.0582. The van der Waals surface area contributed by atoms with Crippen LogP contribution in [0.25, 0.3) is 0 Å². The standard InChI is InChI=1S/C13H16N4OS/c1-2-11-16-13(19-17-11)15-9-12(18)14-8-10-6-4-3-5-7-10/h3-7H,2,8-9H2,1H3,(H,14,18)(H,15,16,17). The van der Waals surface area contributed by atoms with Crippen LogP contribution in [-0.4, -0.2) is 21.8 Å². The molecule has 2 rings (SSSR count). The molecule has 1 aromatic heterocycles. The second-order valence-electron chi connectivity index (χ2n) is 3.99. The number of aryl methyl sites for hydroxylation is 1. The first-order chi connectivity index (χ1) is 9.28. The molecule has 0 fully saturated rings. The van der Waals surface area contributed by atoms with E-state index in [9.17, 15) is 4.79 Å². The Kier molecular flexibility index (Phi) is 4.85. The van der Waals surface area contributed by atoms with Gasteiger partial charge in [0.15, 0.2) is 0 Å². The Morgan fingerprint density at radius 2 is 2.11 bits per heavy atom. The molecule has 0 aliphatic heterocycles. The van der Waals surface area contributed by atoms with E-state index >= 15 is 0 Å². The second kappa shape index (κ2) is 6.84. The van der Waals surface area contributed by atoms with Crippen LogP contribution in [0, 0.1) is 0 Å². The topological polar surface area (TPSA) is 66.9 Å². The van der Waals surface area contributed by atoms with Crippen molar-refractivity contribution in [2.24, 2.45) is 0 Å². The summed E-state index contributed by atoms with van der Waals surface area (Å²) in [6, 6.07) is 9.81. The van der Waals surface area contributed by atoms with Gasteiger partial charge in [0.2, 0.25) is 11.0 Å². The molecule has 0 saturated carbocycles. The first-order valence-corrected chi connectivity index (χ1v) is 6.92. The highest BCUT2D eigenvalue weighted by atomic mass is 32.1. The summed E-state index contributed by atoms with van der Waals surface area (Å²) < 4.78 is 4.14. The Balaban J connectivity index is 1.73. The number of hydrogen-bond acceptors (Lipinski definition) is 5. The fourth-order valence-electron chi connectivity index (χ4n) is 1.48. The number of hydrogen-bond donors (Lipinski definition) is 2. The van der Waals surface area contributed by atoms with Gasteiger partial charge in [0.25, 0.3) is 0 Å². The molecule has 0 unspecified atom stereocenters. The number of rotatable bonds is 6. The fourth-order valence-corrected chi connectivity index (χ4v) is 2.13. The normalized spacial score (nSPS) is 10.2. The number of nitrogens with zero attached hydrogens (tertiary/aromatic N) is 2. The molecule has 1 aromatic carbocycles. The van der Waals surface area contributed by atoms with Crippen molar-refractivity contribution in [2.45, 2.75) is 19.9 Å². The van der Waals surface area contributed by atoms with Gasteiger partial charge in [-0.15, -0.1) is 0 Å². The Morgan fingerprint density at radius 3 is 2.79 bits per heavy atom. The Hall–Kier alpha value is -1.95. The zero-order valence-corrected chi connectivity index (χ0v) is 11.5. The van der Waals surface area contributed by atoms with Crippen molar-refractivity contribution in [3.05, 3.63) is 41.7 Å². The van der Waals surface area contributed by atoms with Gasteiger partial charge in [-0.25, -0.2) is 4.98 Å². The first-order valence-electron chi connectivity index (χ1n) is 6.15. The number of anilines is 1. The van der Waals surface area contributed by atoms with Crippen LogP contribution in [-0.2, 0) is 17.8 Å². The van der Waals surface area contributed by atoms with Crippen LogP contribution in [0.2, 0.25) is 0 Å². The number of carbonyl (C=O) groups excluding carboxylic acids is 1. The summed E-state index contributed by atoms with van der Waals surface area (Å²) in [6.07, 6.45) is 0.804. The summed E-state index contributed by atoms with van der Waals surface area (Å²) in [4.78, 5) is 15.9. The smallest absolute Gasteiger partial charge is 0.239 e. The largest absolute Gasteiger partial charge is 0.351 e. The third kappa shape index (κ3) is 4.33. The summed E-state index contributed by atoms with van der Waals surface area (Å²) in [7, 11) is 0. The van der Waals surface area contributed by atoms with E-state index in [2.05, 4.69) is 20.0 Å². The molecule has 0 aliphatic carbocycles. The van der Waals surface area contributed by atoms with Crippen molar-refractivity contribution in [3.63, 3.8) is 0 Å². The van der Waals surface area contributed by atoms with Crippen molar-refractivity contribution in [2.75, 3.05) is 11.9 Å².